The van der Waals surface area contributed by atoms with Gasteiger partial charge in [0.15, 0.2) is 9.84 Å². The molecule has 1 aliphatic heterocycles. The highest BCUT2D eigenvalue weighted by molar-refractivity contribution is 7.91. The van der Waals surface area contributed by atoms with E-state index in [9.17, 15) is 13.2 Å². The van der Waals surface area contributed by atoms with E-state index < -0.39 is 15.3 Å². The average Bonchev–Trinajstić information content (AvgIpc) is 2.32. The van der Waals surface area contributed by atoms with E-state index in [1.807, 2.05) is 20.8 Å². The lowest BCUT2D eigenvalue weighted by Crippen LogP contribution is -2.39. The number of rotatable bonds is 1. The van der Waals surface area contributed by atoms with Crippen LogP contribution in [0.2, 0.25) is 0 Å². The van der Waals surface area contributed by atoms with Crippen molar-refractivity contribution in [3.63, 3.8) is 0 Å². The molecule has 0 spiro atoms. The molecule has 5 heteroatoms. The zero-order valence-corrected chi connectivity index (χ0v) is 12.3. The summed E-state index contributed by atoms with van der Waals surface area (Å²) in [5.41, 5.74) is 0.219. The van der Waals surface area contributed by atoms with Gasteiger partial charge in [-0.15, -0.1) is 0 Å². The maximum absolute atomic E-state index is 12.0. The van der Waals surface area contributed by atoms with E-state index in [0.717, 1.165) is 0 Å². The predicted octanol–water partition coefficient (Wildman–Crippen LogP) is 2.07. The number of amides is 1. The van der Waals surface area contributed by atoms with E-state index in [0.29, 0.717) is 16.9 Å². The van der Waals surface area contributed by atoms with Gasteiger partial charge < -0.3 is 5.32 Å². The number of nitrogens with one attached hydrogen (secondary N) is 1. The van der Waals surface area contributed by atoms with Gasteiger partial charge in [0.05, 0.1) is 16.7 Å². The Morgan fingerprint density at radius 2 is 1.89 bits per heavy atom. The zero-order valence-electron chi connectivity index (χ0n) is 11.4. The molecule has 0 bridgehead atoms. The van der Waals surface area contributed by atoms with Crippen molar-refractivity contribution >= 4 is 15.7 Å². The van der Waals surface area contributed by atoms with Crippen molar-refractivity contribution in [3.8, 4) is 0 Å². The van der Waals surface area contributed by atoms with Gasteiger partial charge in [-0.25, -0.2) is 8.42 Å². The molecule has 1 aliphatic rings. The van der Waals surface area contributed by atoms with E-state index in [1.165, 1.54) is 0 Å². The summed E-state index contributed by atoms with van der Waals surface area (Å²) in [6.07, 6.45) is 0.432. The van der Waals surface area contributed by atoms with Crippen LogP contribution in [-0.2, 0) is 14.6 Å². The van der Waals surface area contributed by atoms with Gasteiger partial charge in [-0.1, -0.05) is 39.0 Å². The van der Waals surface area contributed by atoms with Gasteiger partial charge in [-0.2, -0.15) is 0 Å². The van der Waals surface area contributed by atoms with Crippen molar-refractivity contribution < 1.29 is 13.2 Å². The first-order valence-corrected chi connectivity index (χ1v) is 8.00. The highest BCUT2D eigenvalue weighted by Gasteiger charge is 2.32. The van der Waals surface area contributed by atoms with Crippen molar-refractivity contribution in [2.24, 2.45) is 5.41 Å². The third kappa shape index (κ3) is 2.81. The molecule has 0 saturated heterocycles. The largest absolute Gasteiger partial charge is 0.349 e. The molecule has 19 heavy (non-hydrogen) atoms. The molecule has 2 rings (SSSR count). The van der Waals surface area contributed by atoms with Gasteiger partial charge in [-0.3, -0.25) is 4.79 Å². The number of fused-ring (bicyclic) bond motifs is 1. The van der Waals surface area contributed by atoms with Crippen LogP contribution in [0.5, 0.6) is 0 Å². The molecule has 1 aromatic rings. The van der Waals surface area contributed by atoms with E-state index >= 15 is 0 Å². The Hall–Kier alpha value is -1.36. The summed E-state index contributed by atoms with van der Waals surface area (Å²) in [7, 11) is -3.20. The van der Waals surface area contributed by atoms with Gasteiger partial charge >= 0.3 is 0 Å². The van der Waals surface area contributed by atoms with Crippen molar-refractivity contribution in [2.75, 3.05) is 5.75 Å². The SMILES string of the molecule is CC(C)(C)C(=O)NC1CCS(=O)(=O)c2ccccc21. The topological polar surface area (TPSA) is 63.2 Å². The zero-order chi connectivity index (χ0) is 14.3. The fourth-order valence-corrected chi connectivity index (χ4v) is 3.74. The summed E-state index contributed by atoms with van der Waals surface area (Å²) in [6.45, 7) is 5.52. The van der Waals surface area contributed by atoms with Crippen LogP contribution in [-0.4, -0.2) is 20.1 Å². The van der Waals surface area contributed by atoms with Crippen LogP contribution in [0.4, 0.5) is 0 Å². The molecule has 0 saturated carbocycles. The summed E-state index contributed by atoms with van der Waals surface area (Å²) >= 11 is 0. The second-order valence-electron chi connectivity index (χ2n) is 5.92. The third-order valence-electron chi connectivity index (χ3n) is 3.29. The summed E-state index contributed by atoms with van der Waals surface area (Å²) in [4.78, 5) is 12.4. The molecule has 0 aromatic heterocycles. The third-order valence-corrected chi connectivity index (χ3v) is 5.11. The maximum Gasteiger partial charge on any atom is 0.225 e. The normalized spacial score (nSPS) is 21.5. The molecule has 104 valence electrons. The Morgan fingerprint density at radius 1 is 1.26 bits per heavy atom. The first-order valence-electron chi connectivity index (χ1n) is 6.34. The lowest BCUT2D eigenvalue weighted by atomic mass is 9.94. The van der Waals surface area contributed by atoms with Crippen LogP contribution in [0.15, 0.2) is 29.2 Å². The molecule has 0 aliphatic carbocycles. The smallest absolute Gasteiger partial charge is 0.225 e. The van der Waals surface area contributed by atoms with E-state index in [-0.39, 0.29) is 17.7 Å². The van der Waals surface area contributed by atoms with E-state index in [2.05, 4.69) is 5.32 Å². The minimum atomic E-state index is -3.20. The molecular weight excluding hydrogens is 262 g/mol. The van der Waals surface area contributed by atoms with E-state index in [4.69, 9.17) is 0 Å². The van der Waals surface area contributed by atoms with Crippen molar-refractivity contribution in [2.45, 2.75) is 38.1 Å². The van der Waals surface area contributed by atoms with Gasteiger partial charge in [0.1, 0.15) is 0 Å². The lowest BCUT2D eigenvalue weighted by molar-refractivity contribution is -0.129. The summed E-state index contributed by atoms with van der Waals surface area (Å²) in [6, 6.07) is 6.69. The highest BCUT2D eigenvalue weighted by atomic mass is 32.2. The van der Waals surface area contributed by atoms with Crippen LogP contribution in [0, 0.1) is 5.41 Å². The van der Waals surface area contributed by atoms with Crippen LogP contribution in [0.25, 0.3) is 0 Å². The van der Waals surface area contributed by atoms with Crippen molar-refractivity contribution in [3.05, 3.63) is 29.8 Å². The lowest BCUT2D eigenvalue weighted by Gasteiger charge is -2.29. The minimum absolute atomic E-state index is 0.0633. The molecule has 1 heterocycles. The van der Waals surface area contributed by atoms with Gasteiger partial charge in [0, 0.05) is 5.41 Å². The summed E-state index contributed by atoms with van der Waals surface area (Å²) in [5.74, 6) is 0.0191. The maximum atomic E-state index is 12.0. The van der Waals surface area contributed by atoms with Crippen LogP contribution in [0.1, 0.15) is 38.8 Å². The predicted molar refractivity (Wildman–Crippen MR) is 73.5 cm³/mol. The van der Waals surface area contributed by atoms with Gasteiger partial charge in [0.2, 0.25) is 5.91 Å². The standard InChI is InChI=1S/C14H19NO3S/c1-14(2,3)13(16)15-11-8-9-19(17,18)12-7-5-4-6-10(11)12/h4-7,11H,8-9H2,1-3H3,(H,15,16). The summed E-state index contributed by atoms with van der Waals surface area (Å²) in [5, 5.41) is 2.95. The fourth-order valence-electron chi connectivity index (χ4n) is 2.11. The Bertz CT molecular complexity index is 599. The fraction of sp³-hybridized carbons (Fsp3) is 0.500. The molecule has 1 aromatic carbocycles. The number of carbonyl (C=O) groups excluding carboxylic acids is 1. The minimum Gasteiger partial charge on any atom is -0.349 e. The second-order valence-corrected chi connectivity index (χ2v) is 8.00. The quantitative estimate of drug-likeness (QED) is 0.857. The molecule has 4 nitrogen and oxygen atoms in total. The first kappa shape index (κ1) is 14.1. The monoisotopic (exact) mass is 281 g/mol. The number of hydrogen-bond acceptors (Lipinski definition) is 3. The Morgan fingerprint density at radius 3 is 2.53 bits per heavy atom. The van der Waals surface area contributed by atoms with Gasteiger partial charge in [0.25, 0.3) is 0 Å². The number of carbonyl (C=O) groups is 1. The first-order chi connectivity index (χ1) is 8.72. The molecule has 1 unspecified atom stereocenters. The number of hydrogen-bond donors (Lipinski definition) is 1. The molecule has 1 atom stereocenters. The van der Waals surface area contributed by atoms with Crippen LogP contribution in [0.3, 0.4) is 0 Å². The Labute approximate surface area is 114 Å². The van der Waals surface area contributed by atoms with Crippen molar-refractivity contribution in [1.29, 1.82) is 0 Å². The molecule has 0 fully saturated rings. The molecular formula is C14H19NO3S. The van der Waals surface area contributed by atoms with Crippen LogP contribution >= 0.6 is 0 Å². The molecule has 0 radical (unpaired) electrons. The van der Waals surface area contributed by atoms with Gasteiger partial charge in [-0.05, 0) is 18.1 Å². The Kier molecular flexibility index (Phi) is 3.43. The number of sulfone groups is 1. The van der Waals surface area contributed by atoms with Crippen LogP contribution < -0.4 is 5.32 Å². The highest BCUT2D eigenvalue weighted by Crippen LogP contribution is 2.32. The summed E-state index contributed by atoms with van der Waals surface area (Å²) < 4.78 is 24.0. The second kappa shape index (κ2) is 4.63. The average molecular weight is 281 g/mol. The Balaban J connectivity index is 2.34. The van der Waals surface area contributed by atoms with Crippen molar-refractivity contribution in [1.82, 2.24) is 5.32 Å². The molecule has 1 N–H and O–H groups in total. The molecule has 1 amide bonds. The number of benzene rings is 1. The van der Waals surface area contributed by atoms with E-state index in [1.54, 1.807) is 24.3 Å².